The van der Waals surface area contributed by atoms with Gasteiger partial charge in [-0.05, 0) is 49.0 Å². The average Bonchev–Trinajstić information content (AvgIpc) is 2.76. The molecule has 0 unspecified atom stereocenters. The Morgan fingerprint density at radius 3 is 2.41 bits per heavy atom. The van der Waals surface area contributed by atoms with Gasteiger partial charge in [0.25, 0.3) is 0 Å². The molecule has 1 aromatic carbocycles. The highest BCUT2D eigenvalue weighted by Gasteiger charge is 2.41. The standard InChI is InChI=1S/C17H21NO3S/c1-11-4-6-14(7-5-11)22(20,21)18-9-12(2)15-8-17(19)13(3)16(15)10-18/h4-7,12,15H,8-10H2,1-3H3/t12-,15-/m0/s1. The molecule has 2 atom stereocenters. The van der Waals surface area contributed by atoms with Crippen molar-refractivity contribution in [1.82, 2.24) is 4.31 Å². The number of fused-ring (bicyclic) bond motifs is 1. The van der Waals surface area contributed by atoms with E-state index < -0.39 is 10.0 Å². The molecule has 1 aromatic rings. The molecule has 0 amide bonds. The molecule has 3 rings (SSSR count). The molecule has 5 heteroatoms. The van der Waals surface area contributed by atoms with Gasteiger partial charge in [-0.3, -0.25) is 4.79 Å². The Morgan fingerprint density at radius 1 is 1.14 bits per heavy atom. The smallest absolute Gasteiger partial charge is 0.243 e. The molecule has 1 heterocycles. The fourth-order valence-electron chi connectivity index (χ4n) is 3.46. The van der Waals surface area contributed by atoms with Crippen LogP contribution < -0.4 is 0 Å². The van der Waals surface area contributed by atoms with Crippen LogP contribution >= 0.6 is 0 Å². The summed E-state index contributed by atoms with van der Waals surface area (Å²) >= 11 is 0. The van der Waals surface area contributed by atoms with Crippen molar-refractivity contribution in [2.45, 2.75) is 32.1 Å². The Kier molecular flexibility index (Phi) is 3.73. The van der Waals surface area contributed by atoms with Gasteiger partial charge in [-0.1, -0.05) is 24.6 Å². The first kappa shape index (κ1) is 15.4. The van der Waals surface area contributed by atoms with Gasteiger partial charge in [-0.15, -0.1) is 0 Å². The lowest BCUT2D eigenvalue weighted by Gasteiger charge is -2.36. The number of sulfonamides is 1. The summed E-state index contributed by atoms with van der Waals surface area (Å²) in [5.74, 6) is 0.559. The highest BCUT2D eigenvalue weighted by Crippen LogP contribution is 2.40. The van der Waals surface area contributed by atoms with Crippen LogP contribution in [0.3, 0.4) is 0 Å². The van der Waals surface area contributed by atoms with Crippen molar-refractivity contribution in [1.29, 1.82) is 0 Å². The minimum absolute atomic E-state index is 0.168. The Labute approximate surface area is 131 Å². The molecule has 1 aliphatic carbocycles. The average molecular weight is 319 g/mol. The number of Topliss-reactive ketones (excluding diaryl/α,β-unsaturated/α-hetero) is 1. The Bertz CT molecular complexity index is 747. The van der Waals surface area contributed by atoms with E-state index in [-0.39, 0.29) is 17.6 Å². The van der Waals surface area contributed by atoms with E-state index in [1.807, 2.05) is 32.9 Å². The SMILES string of the molecule is CC1=C2CN(S(=O)(=O)c3ccc(C)cc3)C[C@H](C)[C@@H]2CC1=O. The summed E-state index contributed by atoms with van der Waals surface area (Å²) in [7, 11) is -3.50. The summed E-state index contributed by atoms with van der Waals surface area (Å²) in [6.45, 7) is 6.62. The molecule has 0 N–H and O–H groups in total. The fourth-order valence-corrected chi connectivity index (χ4v) is 4.98. The summed E-state index contributed by atoms with van der Waals surface area (Å²) in [6.07, 6.45) is 0.542. The van der Waals surface area contributed by atoms with Crippen LogP contribution in [0.2, 0.25) is 0 Å². The minimum Gasteiger partial charge on any atom is -0.295 e. The molecule has 4 nitrogen and oxygen atoms in total. The third-order valence-corrected chi connectivity index (χ3v) is 6.76. The van der Waals surface area contributed by atoms with Gasteiger partial charge in [0.2, 0.25) is 10.0 Å². The van der Waals surface area contributed by atoms with Gasteiger partial charge in [0, 0.05) is 19.5 Å². The minimum atomic E-state index is -3.50. The van der Waals surface area contributed by atoms with Crippen molar-refractivity contribution in [3.8, 4) is 0 Å². The molecule has 0 saturated carbocycles. The van der Waals surface area contributed by atoms with Crippen LogP contribution in [0.4, 0.5) is 0 Å². The quantitative estimate of drug-likeness (QED) is 0.842. The van der Waals surface area contributed by atoms with Crippen LogP contribution in [0.5, 0.6) is 0 Å². The lowest BCUT2D eigenvalue weighted by atomic mass is 9.85. The maximum absolute atomic E-state index is 12.8. The predicted molar refractivity (Wildman–Crippen MR) is 84.9 cm³/mol. The second kappa shape index (κ2) is 5.32. The lowest BCUT2D eigenvalue weighted by molar-refractivity contribution is -0.115. The molecule has 22 heavy (non-hydrogen) atoms. The number of nitrogens with zero attached hydrogens (tertiary/aromatic N) is 1. The Morgan fingerprint density at radius 2 is 1.77 bits per heavy atom. The highest BCUT2D eigenvalue weighted by atomic mass is 32.2. The number of carbonyl (C=O) groups excluding carboxylic acids is 1. The topological polar surface area (TPSA) is 54.5 Å². The Balaban J connectivity index is 1.95. The molecule has 1 fully saturated rings. The van der Waals surface area contributed by atoms with Crippen LogP contribution in [-0.4, -0.2) is 31.6 Å². The van der Waals surface area contributed by atoms with Crippen molar-refractivity contribution in [2.24, 2.45) is 11.8 Å². The van der Waals surface area contributed by atoms with Crippen molar-refractivity contribution in [3.05, 3.63) is 41.0 Å². The van der Waals surface area contributed by atoms with Gasteiger partial charge in [0.15, 0.2) is 5.78 Å². The van der Waals surface area contributed by atoms with E-state index in [4.69, 9.17) is 0 Å². The first-order valence-corrected chi connectivity index (χ1v) is 9.04. The van der Waals surface area contributed by atoms with Crippen molar-refractivity contribution in [3.63, 3.8) is 0 Å². The van der Waals surface area contributed by atoms with E-state index in [1.54, 1.807) is 12.1 Å². The molecule has 1 saturated heterocycles. The van der Waals surface area contributed by atoms with Crippen LogP contribution in [-0.2, 0) is 14.8 Å². The van der Waals surface area contributed by atoms with Crippen molar-refractivity contribution < 1.29 is 13.2 Å². The van der Waals surface area contributed by atoms with Gasteiger partial charge >= 0.3 is 0 Å². The first-order chi connectivity index (χ1) is 10.3. The van der Waals surface area contributed by atoms with Gasteiger partial charge < -0.3 is 0 Å². The third kappa shape index (κ3) is 2.42. The summed E-state index contributed by atoms with van der Waals surface area (Å²) in [6, 6.07) is 6.93. The van der Waals surface area contributed by atoms with Gasteiger partial charge in [-0.2, -0.15) is 4.31 Å². The van der Waals surface area contributed by atoms with E-state index in [2.05, 4.69) is 0 Å². The zero-order valence-electron chi connectivity index (χ0n) is 13.2. The van der Waals surface area contributed by atoms with Crippen molar-refractivity contribution in [2.75, 3.05) is 13.1 Å². The normalized spacial score (nSPS) is 26.4. The number of rotatable bonds is 2. The number of allylic oxidation sites excluding steroid dienone is 1. The van der Waals surface area contributed by atoms with Gasteiger partial charge in [0.05, 0.1) is 4.90 Å². The molecule has 0 radical (unpaired) electrons. The third-order valence-electron chi connectivity index (χ3n) is 4.94. The molecule has 0 aromatic heterocycles. The zero-order chi connectivity index (χ0) is 16.1. The largest absolute Gasteiger partial charge is 0.295 e. The van der Waals surface area contributed by atoms with E-state index in [0.29, 0.717) is 24.4 Å². The van der Waals surface area contributed by atoms with Gasteiger partial charge in [-0.25, -0.2) is 8.42 Å². The monoisotopic (exact) mass is 319 g/mol. The summed E-state index contributed by atoms with van der Waals surface area (Å²) < 4.78 is 27.2. The number of hydrogen-bond donors (Lipinski definition) is 0. The van der Waals surface area contributed by atoms with Crippen molar-refractivity contribution >= 4 is 15.8 Å². The molecule has 118 valence electrons. The van der Waals surface area contributed by atoms with Crippen LogP contribution in [0, 0.1) is 18.8 Å². The number of ketones is 1. The summed E-state index contributed by atoms with van der Waals surface area (Å²) in [4.78, 5) is 12.2. The molecule has 0 spiro atoms. The number of carbonyl (C=O) groups is 1. The second-order valence-electron chi connectivity index (χ2n) is 6.47. The molecule has 0 bridgehead atoms. The van der Waals surface area contributed by atoms with Crippen LogP contribution in [0.15, 0.2) is 40.3 Å². The number of piperidine rings is 1. The lowest BCUT2D eigenvalue weighted by Crippen LogP contribution is -2.43. The van der Waals surface area contributed by atoms with Crippen LogP contribution in [0.25, 0.3) is 0 Å². The zero-order valence-corrected chi connectivity index (χ0v) is 14.0. The first-order valence-electron chi connectivity index (χ1n) is 7.60. The second-order valence-corrected chi connectivity index (χ2v) is 8.41. The van der Waals surface area contributed by atoms with E-state index in [9.17, 15) is 13.2 Å². The number of hydrogen-bond acceptors (Lipinski definition) is 3. The van der Waals surface area contributed by atoms with E-state index in [0.717, 1.165) is 16.7 Å². The Hall–Kier alpha value is -1.46. The summed E-state index contributed by atoms with van der Waals surface area (Å²) in [5, 5.41) is 0. The predicted octanol–water partition coefficient (Wildman–Crippen LogP) is 2.54. The number of aryl methyl sites for hydroxylation is 1. The molecule has 2 aliphatic rings. The molecular weight excluding hydrogens is 298 g/mol. The number of benzene rings is 1. The van der Waals surface area contributed by atoms with E-state index in [1.165, 1.54) is 4.31 Å². The van der Waals surface area contributed by atoms with Gasteiger partial charge in [0.1, 0.15) is 0 Å². The van der Waals surface area contributed by atoms with Crippen LogP contribution in [0.1, 0.15) is 25.8 Å². The maximum Gasteiger partial charge on any atom is 0.243 e. The van der Waals surface area contributed by atoms with E-state index >= 15 is 0 Å². The molecule has 1 aliphatic heterocycles. The fraction of sp³-hybridized carbons (Fsp3) is 0.471. The molecular formula is C17H21NO3S. The maximum atomic E-state index is 12.8. The summed E-state index contributed by atoms with van der Waals surface area (Å²) in [5.41, 5.74) is 2.81. The highest BCUT2D eigenvalue weighted by molar-refractivity contribution is 7.89.